The van der Waals surface area contributed by atoms with Gasteiger partial charge in [0.25, 0.3) is 0 Å². The van der Waals surface area contributed by atoms with Crippen molar-refractivity contribution in [3.63, 3.8) is 0 Å². The number of carboxylic acids is 1. The molecule has 0 rings (SSSR count). The van der Waals surface area contributed by atoms with Crippen molar-refractivity contribution in [3.05, 3.63) is 0 Å². The van der Waals surface area contributed by atoms with E-state index in [2.05, 4.69) is 0 Å². The Balaban J connectivity index is 0. The fourth-order valence-corrected chi connectivity index (χ4v) is 1.10. The second-order valence-electron chi connectivity index (χ2n) is 3.26. The molecule has 0 radical (unpaired) electrons. The van der Waals surface area contributed by atoms with Gasteiger partial charge in [0.05, 0.1) is 6.10 Å². The van der Waals surface area contributed by atoms with E-state index in [0.717, 1.165) is 12.8 Å². The van der Waals surface area contributed by atoms with Crippen LogP contribution < -0.4 is 56.5 Å². The van der Waals surface area contributed by atoms with Gasteiger partial charge in [-0.15, -0.1) is 0 Å². The number of carboxylic acid groups (broad SMARTS) is 1. The average molecular weight is 212 g/mol. The van der Waals surface area contributed by atoms with E-state index in [-0.39, 0.29) is 63.7 Å². The molecule has 13 heavy (non-hydrogen) atoms. The Kier molecular flexibility index (Phi) is 12.2. The van der Waals surface area contributed by atoms with Crippen LogP contribution in [0.15, 0.2) is 0 Å². The summed E-state index contributed by atoms with van der Waals surface area (Å²) in [5, 5.41) is 19.6. The van der Waals surface area contributed by atoms with Gasteiger partial charge in [-0.2, -0.15) is 0 Å². The van der Waals surface area contributed by atoms with Crippen LogP contribution in [0.25, 0.3) is 0 Å². The molecule has 0 aliphatic rings. The first kappa shape index (κ1) is 16.5. The summed E-state index contributed by atoms with van der Waals surface area (Å²) < 4.78 is 0. The number of hydrogen-bond acceptors (Lipinski definition) is 3. The second kappa shape index (κ2) is 9.61. The largest absolute Gasteiger partial charge is 1.00 e. The smallest absolute Gasteiger partial charge is 0.550 e. The van der Waals surface area contributed by atoms with Crippen LogP contribution in [0.3, 0.4) is 0 Å². The van der Waals surface area contributed by atoms with E-state index in [0.29, 0.717) is 6.42 Å². The minimum Gasteiger partial charge on any atom is -0.550 e. The van der Waals surface area contributed by atoms with Crippen LogP contribution >= 0.6 is 0 Å². The molecule has 0 bridgehead atoms. The van der Waals surface area contributed by atoms with Crippen molar-refractivity contribution >= 4 is 5.97 Å². The number of rotatable bonds is 6. The summed E-state index contributed by atoms with van der Waals surface area (Å²) in [7, 11) is 0. The van der Waals surface area contributed by atoms with E-state index >= 15 is 0 Å². The minimum atomic E-state index is -1.09. The van der Waals surface area contributed by atoms with E-state index in [9.17, 15) is 15.0 Å². The number of carbonyl (C=O) groups is 1. The van der Waals surface area contributed by atoms with Gasteiger partial charge < -0.3 is 15.0 Å². The van der Waals surface area contributed by atoms with Crippen LogP contribution in [0.1, 0.15) is 39.5 Å². The third-order valence-corrected chi connectivity index (χ3v) is 2.00. The van der Waals surface area contributed by atoms with Crippen molar-refractivity contribution in [2.45, 2.75) is 45.6 Å². The van der Waals surface area contributed by atoms with Crippen LogP contribution in [0, 0.1) is 5.92 Å². The van der Waals surface area contributed by atoms with Crippen LogP contribution in [0.5, 0.6) is 0 Å². The summed E-state index contributed by atoms with van der Waals surface area (Å²) in [4.78, 5) is 10.2. The Morgan fingerprint density at radius 3 is 2.46 bits per heavy atom. The monoisotopic (exact) mass is 212 g/mol. The number of hydrogen-bond donors (Lipinski definition) is 1. The van der Waals surface area contributed by atoms with E-state index in [1.807, 2.05) is 6.92 Å². The van der Waals surface area contributed by atoms with Gasteiger partial charge in [0, 0.05) is 5.97 Å². The van der Waals surface area contributed by atoms with Crippen LogP contribution in [0.2, 0.25) is 0 Å². The Morgan fingerprint density at radius 1 is 1.54 bits per heavy atom. The first-order chi connectivity index (χ1) is 5.57. The topological polar surface area (TPSA) is 60.4 Å². The van der Waals surface area contributed by atoms with Crippen LogP contribution in [-0.2, 0) is 4.79 Å². The molecule has 0 aliphatic heterocycles. The normalized spacial score (nSPS) is 14.4. The fraction of sp³-hybridized carbons (Fsp3) is 0.889. The summed E-state index contributed by atoms with van der Waals surface area (Å²) in [6.07, 6.45) is 2.10. The molecule has 0 saturated carbocycles. The van der Waals surface area contributed by atoms with Crippen molar-refractivity contribution in [3.8, 4) is 0 Å². The van der Waals surface area contributed by atoms with Gasteiger partial charge in [-0.3, -0.25) is 0 Å². The molecule has 2 atom stereocenters. The third-order valence-electron chi connectivity index (χ3n) is 2.00. The Hall–Kier alpha value is 1.07. The maximum atomic E-state index is 10.2. The molecule has 72 valence electrons. The zero-order valence-corrected chi connectivity index (χ0v) is 11.9. The summed E-state index contributed by atoms with van der Waals surface area (Å²) in [5.41, 5.74) is 0. The van der Waals surface area contributed by atoms with Gasteiger partial charge in [-0.05, 0) is 18.8 Å². The Labute approximate surface area is 122 Å². The van der Waals surface area contributed by atoms with E-state index in [4.69, 9.17) is 0 Å². The summed E-state index contributed by atoms with van der Waals surface area (Å²) in [6.45, 7) is 3.77. The van der Waals surface area contributed by atoms with Crippen molar-refractivity contribution in [1.29, 1.82) is 0 Å². The standard InChI is InChI=1S/C9H18O3.K/c1-3-4-5-8(10)7(2)6-9(11)12;/h7-8,10H,3-6H2,1-2H3,(H,11,12);/q;+1/p-1/t7-,8+;/m0./s1. The molecule has 1 N–H and O–H groups in total. The second-order valence-corrected chi connectivity index (χ2v) is 3.26. The minimum absolute atomic E-state index is 0. The summed E-state index contributed by atoms with van der Waals surface area (Å²) in [6, 6.07) is 0. The Morgan fingerprint density at radius 2 is 2.08 bits per heavy atom. The molecule has 0 fully saturated rings. The molecule has 0 unspecified atom stereocenters. The molecular weight excluding hydrogens is 195 g/mol. The molecule has 0 aromatic carbocycles. The molecule has 0 spiro atoms. The van der Waals surface area contributed by atoms with Gasteiger partial charge >= 0.3 is 51.4 Å². The maximum absolute atomic E-state index is 10.2. The predicted molar refractivity (Wildman–Crippen MR) is 44.3 cm³/mol. The van der Waals surface area contributed by atoms with Gasteiger partial charge in [0.1, 0.15) is 0 Å². The summed E-state index contributed by atoms with van der Waals surface area (Å²) >= 11 is 0. The van der Waals surface area contributed by atoms with Gasteiger partial charge in [-0.25, -0.2) is 0 Å². The van der Waals surface area contributed by atoms with E-state index in [1.165, 1.54) is 0 Å². The molecule has 0 aromatic heterocycles. The van der Waals surface area contributed by atoms with Crippen LogP contribution in [-0.4, -0.2) is 17.2 Å². The number of aliphatic carboxylic acids is 1. The van der Waals surface area contributed by atoms with Gasteiger partial charge in [0.2, 0.25) is 0 Å². The molecule has 0 heterocycles. The SMILES string of the molecule is CCCC[C@@H](O)[C@@H](C)CC(=O)[O-].[K+]. The first-order valence-electron chi connectivity index (χ1n) is 4.45. The molecular formula is C9H17KO3. The fourth-order valence-electron chi connectivity index (χ4n) is 1.10. The average Bonchev–Trinajstić information content (AvgIpc) is 1.98. The molecule has 0 aromatic rings. The van der Waals surface area contributed by atoms with E-state index < -0.39 is 12.1 Å². The molecule has 3 nitrogen and oxygen atoms in total. The number of aliphatic hydroxyl groups excluding tert-OH is 1. The first-order valence-corrected chi connectivity index (χ1v) is 4.45. The zero-order valence-electron chi connectivity index (χ0n) is 8.75. The predicted octanol–water partition coefficient (Wildman–Crippen LogP) is -2.68. The van der Waals surface area contributed by atoms with Gasteiger partial charge in [0.15, 0.2) is 0 Å². The Bertz CT molecular complexity index is 139. The van der Waals surface area contributed by atoms with Crippen molar-refractivity contribution in [2.24, 2.45) is 5.92 Å². The molecule has 0 aliphatic carbocycles. The number of unbranched alkanes of at least 4 members (excludes halogenated alkanes) is 1. The third kappa shape index (κ3) is 9.37. The maximum Gasteiger partial charge on any atom is 1.00 e. The molecule has 0 amide bonds. The van der Waals surface area contributed by atoms with Crippen molar-refractivity contribution in [2.75, 3.05) is 0 Å². The van der Waals surface area contributed by atoms with Crippen LogP contribution in [0.4, 0.5) is 0 Å². The van der Waals surface area contributed by atoms with Gasteiger partial charge in [-0.1, -0.05) is 26.7 Å². The number of aliphatic hydroxyl groups is 1. The molecule has 4 heteroatoms. The number of carbonyl (C=O) groups excluding carboxylic acids is 1. The quantitative estimate of drug-likeness (QED) is 0.488. The van der Waals surface area contributed by atoms with E-state index in [1.54, 1.807) is 6.92 Å². The molecule has 0 saturated heterocycles. The van der Waals surface area contributed by atoms with Crippen molar-refractivity contribution < 1.29 is 66.4 Å². The summed E-state index contributed by atoms with van der Waals surface area (Å²) in [5.74, 6) is -1.28. The van der Waals surface area contributed by atoms with Crippen molar-refractivity contribution in [1.82, 2.24) is 0 Å². The zero-order chi connectivity index (χ0) is 9.56.